The van der Waals surface area contributed by atoms with Crippen molar-refractivity contribution in [2.75, 3.05) is 26.8 Å². The molecule has 0 saturated heterocycles. The molecule has 0 rings (SSSR count). The van der Waals surface area contributed by atoms with E-state index in [9.17, 15) is 4.79 Å². The summed E-state index contributed by atoms with van der Waals surface area (Å²) in [5.74, 6) is -0.756. The van der Waals surface area contributed by atoms with Crippen molar-refractivity contribution in [1.29, 1.82) is 0 Å². The first-order valence-corrected chi connectivity index (χ1v) is 6.10. The van der Waals surface area contributed by atoms with E-state index in [0.29, 0.717) is 19.2 Å². The smallest absolute Gasteiger partial charge is 0.317 e. The van der Waals surface area contributed by atoms with Gasteiger partial charge in [0.15, 0.2) is 0 Å². The average molecular weight is 231 g/mol. The lowest BCUT2D eigenvalue weighted by Gasteiger charge is -2.29. The third-order valence-electron chi connectivity index (χ3n) is 2.68. The molecule has 0 saturated carbocycles. The van der Waals surface area contributed by atoms with Crippen LogP contribution in [0.4, 0.5) is 0 Å². The Labute approximate surface area is 98.6 Å². The second-order valence-corrected chi connectivity index (χ2v) is 4.09. The Morgan fingerprint density at radius 1 is 1.31 bits per heavy atom. The summed E-state index contributed by atoms with van der Waals surface area (Å²) in [6.07, 6.45) is 4.30. The first kappa shape index (κ1) is 15.4. The molecule has 0 heterocycles. The molecule has 96 valence electrons. The van der Waals surface area contributed by atoms with E-state index in [1.165, 1.54) is 0 Å². The van der Waals surface area contributed by atoms with E-state index in [0.717, 1.165) is 25.7 Å². The van der Waals surface area contributed by atoms with Gasteiger partial charge < -0.3 is 9.84 Å². The van der Waals surface area contributed by atoms with Crippen LogP contribution < -0.4 is 0 Å². The van der Waals surface area contributed by atoms with Crippen LogP contribution in [0.25, 0.3) is 0 Å². The van der Waals surface area contributed by atoms with Gasteiger partial charge in [-0.1, -0.05) is 26.7 Å². The molecule has 4 nitrogen and oxygen atoms in total. The summed E-state index contributed by atoms with van der Waals surface area (Å²) in [6.45, 7) is 5.69. The van der Waals surface area contributed by atoms with Crippen molar-refractivity contribution in [1.82, 2.24) is 4.90 Å². The van der Waals surface area contributed by atoms with Crippen molar-refractivity contribution in [2.45, 2.75) is 45.6 Å². The third-order valence-corrected chi connectivity index (χ3v) is 2.68. The van der Waals surface area contributed by atoms with E-state index in [-0.39, 0.29) is 6.54 Å². The minimum absolute atomic E-state index is 0.119. The second-order valence-electron chi connectivity index (χ2n) is 4.09. The summed E-state index contributed by atoms with van der Waals surface area (Å²) in [4.78, 5) is 12.8. The third kappa shape index (κ3) is 6.80. The van der Waals surface area contributed by atoms with E-state index >= 15 is 0 Å². The number of ether oxygens (including phenoxy) is 1. The quantitative estimate of drug-likeness (QED) is 0.624. The summed E-state index contributed by atoms with van der Waals surface area (Å²) >= 11 is 0. The molecule has 16 heavy (non-hydrogen) atoms. The Kier molecular flexibility index (Phi) is 9.24. The fraction of sp³-hybridized carbons (Fsp3) is 0.917. The van der Waals surface area contributed by atoms with Gasteiger partial charge in [-0.3, -0.25) is 9.69 Å². The van der Waals surface area contributed by atoms with Gasteiger partial charge in [-0.2, -0.15) is 0 Å². The highest BCUT2D eigenvalue weighted by Gasteiger charge is 2.18. The van der Waals surface area contributed by atoms with Gasteiger partial charge in [-0.25, -0.2) is 0 Å². The molecule has 0 unspecified atom stereocenters. The minimum Gasteiger partial charge on any atom is -0.480 e. The zero-order chi connectivity index (χ0) is 12.4. The van der Waals surface area contributed by atoms with Gasteiger partial charge in [-0.05, 0) is 12.8 Å². The zero-order valence-electron chi connectivity index (χ0n) is 10.7. The molecular formula is C12H25NO3. The van der Waals surface area contributed by atoms with E-state index < -0.39 is 5.97 Å². The zero-order valence-corrected chi connectivity index (χ0v) is 10.7. The van der Waals surface area contributed by atoms with Gasteiger partial charge in [-0.15, -0.1) is 0 Å². The largest absolute Gasteiger partial charge is 0.480 e. The molecule has 0 radical (unpaired) electrons. The standard InChI is InChI=1S/C12H25NO3/c1-4-6-11(7-5-2)13(8-9-16-3)10-12(14)15/h11H,4-10H2,1-3H3,(H,14,15). The molecule has 1 N–H and O–H groups in total. The predicted octanol–water partition coefficient (Wildman–Crippen LogP) is 1.99. The van der Waals surface area contributed by atoms with Crippen LogP contribution in [0, 0.1) is 0 Å². The topological polar surface area (TPSA) is 49.8 Å². The Bertz CT molecular complexity index is 179. The van der Waals surface area contributed by atoms with Crippen molar-refractivity contribution in [3.63, 3.8) is 0 Å². The Balaban J connectivity index is 4.32. The number of nitrogens with zero attached hydrogens (tertiary/aromatic N) is 1. The number of carbonyl (C=O) groups is 1. The van der Waals surface area contributed by atoms with Crippen LogP contribution in [-0.2, 0) is 9.53 Å². The Morgan fingerprint density at radius 3 is 2.25 bits per heavy atom. The van der Waals surface area contributed by atoms with Crippen molar-refractivity contribution in [3.8, 4) is 0 Å². The maximum absolute atomic E-state index is 10.8. The predicted molar refractivity (Wildman–Crippen MR) is 64.7 cm³/mol. The van der Waals surface area contributed by atoms with Crippen LogP contribution >= 0.6 is 0 Å². The number of aliphatic carboxylic acids is 1. The summed E-state index contributed by atoms with van der Waals surface area (Å²) in [7, 11) is 1.65. The van der Waals surface area contributed by atoms with Crippen LogP contribution in [0.2, 0.25) is 0 Å². The summed E-state index contributed by atoms with van der Waals surface area (Å²) < 4.78 is 5.03. The highest BCUT2D eigenvalue weighted by Crippen LogP contribution is 2.13. The highest BCUT2D eigenvalue weighted by molar-refractivity contribution is 5.69. The first-order valence-electron chi connectivity index (χ1n) is 6.10. The fourth-order valence-electron chi connectivity index (χ4n) is 1.95. The number of carboxylic acid groups (broad SMARTS) is 1. The van der Waals surface area contributed by atoms with Crippen molar-refractivity contribution >= 4 is 5.97 Å². The molecule has 0 aromatic rings. The van der Waals surface area contributed by atoms with E-state index in [1.807, 2.05) is 4.90 Å². The van der Waals surface area contributed by atoms with Crippen molar-refractivity contribution in [2.24, 2.45) is 0 Å². The minimum atomic E-state index is -0.756. The van der Waals surface area contributed by atoms with Crippen LogP contribution in [0.3, 0.4) is 0 Å². The van der Waals surface area contributed by atoms with E-state index in [2.05, 4.69) is 13.8 Å². The second kappa shape index (κ2) is 9.60. The van der Waals surface area contributed by atoms with E-state index in [4.69, 9.17) is 9.84 Å². The molecule has 0 amide bonds. The Hall–Kier alpha value is -0.610. The molecule has 0 atom stereocenters. The van der Waals surface area contributed by atoms with Gasteiger partial charge in [0, 0.05) is 19.7 Å². The number of hydrogen-bond acceptors (Lipinski definition) is 3. The number of carboxylic acids is 1. The molecule has 0 aromatic heterocycles. The van der Waals surface area contributed by atoms with Gasteiger partial charge in [0.2, 0.25) is 0 Å². The number of methoxy groups -OCH3 is 1. The maximum Gasteiger partial charge on any atom is 0.317 e. The first-order chi connectivity index (χ1) is 7.65. The lowest BCUT2D eigenvalue weighted by atomic mass is 10.0. The number of rotatable bonds is 10. The molecule has 0 spiro atoms. The molecule has 0 aromatic carbocycles. The molecular weight excluding hydrogens is 206 g/mol. The van der Waals surface area contributed by atoms with Crippen molar-refractivity contribution in [3.05, 3.63) is 0 Å². The van der Waals surface area contributed by atoms with E-state index in [1.54, 1.807) is 7.11 Å². The van der Waals surface area contributed by atoms with Crippen LogP contribution in [0.15, 0.2) is 0 Å². The molecule has 0 bridgehead atoms. The van der Waals surface area contributed by atoms with Gasteiger partial charge in [0.05, 0.1) is 13.2 Å². The molecule has 0 fully saturated rings. The Morgan fingerprint density at radius 2 is 1.88 bits per heavy atom. The van der Waals surface area contributed by atoms with Crippen LogP contribution in [0.5, 0.6) is 0 Å². The lowest BCUT2D eigenvalue weighted by Crippen LogP contribution is -2.41. The average Bonchev–Trinajstić information content (AvgIpc) is 2.23. The molecule has 0 aliphatic carbocycles. The fourth-order valence-corrected chi connectivity index (χ4v) is 1.95. The summed E-state index contributed by atoms with van der Waals surface area (Å²) in [5, 5.41) is 8.89. The van der Waals surface area contributed by atoms with Crippen LogP contribution in [-0.4, -0.2) is 48.8 Å². The van der Waals surface area contributed by atoms with Gasteiger partial charge in [0.1, 0.15) is 0 Å². The normalized spacial score (nSPS) is 11.3. The maximum atomic E-state index is 10.8. The monoisotopic (exact) mass is 231 g/mol. The molecule has 4 heteroatoms. The molecule has 0 aliphatic rings. The number of hydrogen-bond donors (Lipinski definition) is 1. The van der Waals surface area contributed by atoms with Crippen molar-refractivity contribution < 1.29 is 14.6 Å². The summed E-state index contributed by atoms with van der Waals surface area (Å²) in [6, 6.07) is 0.376. The highest BCUT2D eigenvalue weighted by atomic mass is 16.5. The lowest BCUT2D eigenvalue weighted by molar-refractivity contribution is -0.139. The van der Waals surface area contributed by atoms with Gasteiger partial charge in [0.25, 0.3) is 0 Å². The SMILES string of the molecule is CCCC(CCC)N(CCOC)CC(=O)O. The van der Waals surface area contributed by atoms with Crippen LogP contribution in [0.1, 0.15) is 39.5 Å². The molecule has 0 aliphatic heterocycles. The van der Waals surface area contributed by atoms with Gasteiger partial charge >= 0.3 is 5.97 Å². The summed E-state index contributed by atoms with van der Waals surface area (Å²) in [5.41, 5.74) is 0.